The molecule has 1 aromatic heterocycles. The van der Waals surface area contributed by atoms with Crippen molar-refractivity contribution in [2.75, 3.05) is 6.54 Å². The van der Waals surface area contributed by atoms with Crippen LogP contribution in [0.1, 0.15) is 37.3 Å². The maximum absolute atomic E-state index is 13.0. The minimum absolute atomic E-state index is 0.0680. The second-order valence-corrected chi connectivity index (χ2v) is 7.43. The highest BCUT2D eigenvalue weighted by Gasteiger charge is 2.54. The van der Waals surface area contributed by atoms with Gasteiger partial charge in [0, 0.05) is 19.5 Å². The topological polar surface area (TPSA) is 46.3 Å². The first-order valence-electron chi connectivity index (χ1n) is 8.39. The van der Waals surface area contributed by atoms with Gasteiger partial charge < -0.3 is 9.32 Å². The van der Waals surface area contributed by atoms with E-state index in [0.717, 1.165) is 16.0 Å². The zero-order valence-corrected chi connectivity index (χ0v) is 14.3. The molecule has 1 saturated heterocycles. The number of oxazole rings is 1. The standard InChI is InChI=1S/C18H19F3N2O2/c1-9-14-7-11-6-13-15(25-10(2)22-13)8-12(11)17(9,3)4-5-23(14)16(24)18(19,20)21/h6,8-9,14H,4-5,7H2,1-3H3/t9-,14-,17-/m1/s1. The van der Waals surface area contributed by atoms with Gasteiger partial charge in [-0.05, 0) is 47.4 Å². The molecular weight excluding hydrogens is 333 g/mol. The van der Waals surface area contributed by atoms with Crippen molar-refractivity contribution in [2.24, 2.45) is 5.92 Å². The number of alkyl halides is 3. The molecule has 1 aliphatic carbocycles. The second-order valence-electron chi connectivity index (χ2n) is 7.43. The SMILES string of the molecule is Cc1nc2cc3c(cc2o1)[C@]1(C)CCN(C(=O)C(F)(F)F)[C@H](C3)[C@H]1C. The normalized spacial score (nSPS) is 29.0. The Labute approximate surface area is 143 Å². The molecule has 4 rings (SSSR count). The molecule has 2 aromatic rings. The average molecular weight is 352 g/mol. The molecule has 0 N–H and O–H groups in total. The Morgan fingerprint density at radius 2 is 2.12 bits per heavy atom. The van der Waals surface area contributed by atoms with E-state index >= 15 is 0 Å². The molecule has 1 aliphatic heterocycles. The predicted molar refractivity (Wildman–Crippen MR) is 85.1 cm³/mol. The van der Waals surface area contributed by atoms with Gasteiger partial charge in [-0.15, -0.1) is 0 Å². The van der Waals surface area contributed by atoms with Crippen LogP contribution in [0.5, 0.6) is 0 Å². The van der Waals surface area contributed by atoms with E-state index in [4.69, 9.17) is 4.42 Å². The Kier molecular flexibility index (Phi) is 3.28. The third-order valence-electron chi connectivity index (χ3n) is 6.12. The Balaban J connectivity index is 1.82. The summed E-state index contributed by atoms with van der Waals surface area (Å²) in [5.41, 5.74) is 3.21. The lowest BCUT2D eigenvalue weighted by Crippen LogP contribution is -2.61. The molecule has 0 radical (unpaired) electrons. The molecule has 2 bridgehead atoms. The highest BCUT2D eigenvalue weighted by Crippen LogP contribution is 2.50. The van der Waals surface area contributed by atoms with E-state index < -0.39 is 18.1 Å². The molecule has 0 unspecified atom stereocenters. The van der Waals surface area contributed by atoms with Crippen LogP contribution < -0.4 is 0 Å². The van der Waals surface area contributed by atoms with Gasteiger partial charge in [0.05, 0.1) is 0 Å². The van der Waals surface area contributed by atoms with Crippen LogP contribution in [0.25, 0.3) is 11.1 Å². The third kappa shape index (κ3) is 2.28. The van der Waals surface area contributed by atoms with E-state index in [1.165, 1.54) is 0 Å². The van der Waals surface area contributed by atoms with Crippen molar-refractivity contribution >= 4 is 17.0 Å². The summed E-state index contributed by atoms with van der Waals surface area (Å²) < 4.78 is 44.6. The Bertz CT molecular complexity index is 873. The fourth-order valence-electron chi connectivity index (χ4n) is 4.58. The van der Waals surface area contributed by atoms with Crippen molar-refractivity contribution in [3.05, 3.63) is 29.2 Å². The summed E-state index contributed by atoms with van der Waals surface area (Å²) in [4.78, 5) is 17.2. The summed E-state index contributed by atoms with van der Waals surface area (Å²) >= 11 is 0. The molecule has 134 valence electrons. The average Bonchev–Trinajstić information content (AvgIpc) is 2.87. The zero-order valence-electron chi connectivity index (χ0n) is 14.3. The van der Waals surface area contributed by atoms with Crippen LogP contribution in [0, 0.1) is 12.8 Å². The summed E-state index contributed by atoms with van der Waals surface area (Å²) in [7, 11) is 0. The fraction of sp³-hybridized carbons (Fsp3) is 0.556. The summed E-state index contributed by atoms with van der Waals surface area (Å²) in [6, 6.07) is 3.43. The molecule has 2 heterocycles. The van der Waals surface area contributed by atoms with Crippen LogP contribution in [0.15, 0.2) is 16.5 Å². The third-order valence-corrected chi connectivity index (χ3v) is 6.12. The minimum Gasteiger partial charge on any atom is -0.441 e. The first kappa shape index (κ1) is 16.4. The van der Waals surface area contributed by atoms with Gasteiger partial charge in [-0.25, -0.2) is 4.98 Å². The Morgan fingerprint density at radius 3 is 2.80 bits per heavy atom. The van der Waals surface area contributed by atoms with E-state index in [9.17, 15) is 18.0 Å². The van der Waals surface area contributed by atoms with E-state index in [1.54, 1.807) is 6.92 Å². The number of carbonyl (C=O) groups excluding carboxylic acids is 1. The number of fused-ring (bicyclic) bond motifs is 5. The highest BCUT2D eigenvalue weighted by molar-refractivity contribution is 5.83. The number of likely N-dealkylation sites (tertiary alicyclic amines) is 1. The van der Waals surface area contributed by atoms with Crippen molar-refractivity contribution in [1.29, 1.82) is 0 Å². The van der Waals surface area contributed by atoms with Crippen LogP contribution in [0.3, 0.4) is 0 Å². The van der Waals surface area contributed by atoms with Crippen LogP contribution >= 0.6 is 0 Å². The molecule has 0 saturated carbocycles. The number of aryl methyl sites for hydroxylation is 1. The Hall–Kier alpha value is -2.05. The van der Waals surface area contributed by atoms with E-state index in [2.05, 4.69) is 11.9 Å². The summed E-state index contributed by atoms with van der Waals surface area (Å²) in [6.07, 6.45) is -3.92. The number of hydrogen-bond acceptors (Lipinski definition) is 3. The van der Waals surface area contributed by atoms with Gasteiger partial charge in [-0.1, -0.05) is 13.8 Å². The van der Waals surface area contributed by atoms with E-state index in [-0.39, 0.29) is 17.9 Å². The summed E-state index contributed by atoms with van der Waals surface area (Å²) in [5.74, 6) is -1.23. The van der Waals surface area contributed by atoms with Gasteiger partial charge in [0.15, 0.2) is 11.5 Å². The summed E-state index contributed by atoms with van der Waals surface area (Å²) in [5, 5.41) is 0. The number of rotatable bonds is 0. The molecule has 4 nitrogen and oxygen atoms in total. The molecule has 2 aliphatic rings. The first-order chi connectivity index (χ1) is 11.6. The lowest BCUT2D eigenvalue weighted by atomic mass is 9.59. The Morgan fingerprint density at radius 1 is 1.40 bits per heavy atom. The number of aromatic nitrogens is 1. The predicted octanol–water partition coefficient (Wildman–Crippen LogP) is 3.75. The van der Waals surface area contributed by atoms with Crippen LogP contribution in [0.2, 0.25) is 0 Å². The molecule has 1 amide bonds. The summed E-state index contributed by atoms with van der Waals surface area (Å²) in [6.45, 7) is 5.91. The van der Waals surface area contributed by atoms with Crippen LogP contribution in [0.4, 0.5) is 13.2 Å². The van der Waals surface area contributed by atoms with Crippen LogP contribution in [-0.2, 0) is 16.6 Å². The molecule has 1 aromatic carbocycles. The number of hydrogen-bond donors (Lipinski definition) is 0. The van der Waals surface area contributed by atoms with Gasteiger partial charge in [-0.2, -0.15) is 13.2 Å². The number of nitrogens with zero attached hydrogens (tertiary/aromatic N) is 2. The maximum atomic E-state index is 13.0. The number of piperidine rings is 1. The lowest BCUT2D eigenvalue weighted by Gasteiger charge is -2.54. The van der Waals surface area contributed by atoms with Crippen molar-refractivity contribution in [3.8, 4) is 0 Å². The minimum atomic E-state index is -4.83. The van der Waals surface area contributed by atoms with Crippen molar-refractivity contribution in [1.82, 2.24) is 9.88 Å². The first-order valence-corrected chi connectivity index (χ1v) is 8.39. The van der Waals surface area contributed by atoms with E-state index in [0.29, 0.717) is 29.8 Å². The second kappa shape index (κ2) is 4.99. The molecule has 7 heteroatoms. The monoisotopic (exact) mass is 352 g/mol. The van der Waals surface area contributed by atoms with Gasteiger partial charge in [0.25, 0.3) is 0 Å². The van der Waals surface area contributed by atoms with Gasteiger partial charge in [-0.3, -0.25) is 4.79 Å². The van der Waals surface area contributed by atoms with Gasteiger partial charge >= 0.3 is 12.1 Å². The number of halogens is 3. The van der Waals surface area contributed by atoms with Gasteiger partial charge in [0.1, 0.15) is 5.52 Å². The fourth-order valence-corrected chi connectivity index (χ4v) is 4.58. The van der Waals surface area contributed by atoms with Crippen molar-refractivity contribution in [3.63, 3.8) is 0 Å². The van der Waals surface area contributed by atoms with E-state index in [1.807, 2.05) is 19.1 Å². The molecular formula is C18H19F3N2O2. The highest BCUT2D eigenvalue weighted by atomic mass is 19.4. The van der Waals surface area contributed by atoms with Crippen molar-refractivity contribution in [2.45, 2.75) is 51.2 Å². The zero-order chi connectivity index (χ0) is 18.1. The molecule has 0 spiro atoms. The number of benzene rings is 1. The molecule has 25 heavy (non-hydrogen) atoms. The van der Waals surface area contributed by atoms with Gasteiger partial charge in [0.2, 0.25) is 0 Å². The van der Waals surface area contributed by atoms with Crippen LogP contribution in [-0.4, -0.2) is 34.6 Å². The quantitative estimate of drug-likeness (QED) is 0.725. The largest absolute Gasteiger partial charge is 0.471 e. The molecule has 3 atom stereocenters. The maximum Gasteiger partial charge on any atom is 0.471 e. The smallest absolute Gasteiger partial charge is 0.441 e. The lowest BCUT2D eigenvalue weighted by molar-refractivity contribution is -0.192. The number of carbonyl (C=O) groups is 1. The van der Waals surface area contributed by atoms with Crippen molar-refractivity contribution < 1.29 is 22.4 Å². The number of amides is 1. The molecule has 1 fully saturated rings.